The first kappa shape index (κ1) is 17.8. The van der Waals surface area contributed by atoms with Crippen molar-refractivity contribution in [3.63, 3.8) is 0 Å². The molecule has 0 radical (unpaired) electrons. The van der Waals surface area contributed by atoms with Gasteiger partial charge in [-0.25, -0.2) is 9.13 Å². The van der Waals surface area contributed by atoms with Crippen molar-refractivity contribution >= 4 is 7.25 Å². The fraction of sp³-hybridized carbons (Fsp3) is 0.118. The SMILES string of the molecule is F[B-](F)(F)F.c1ccc(Cn2cc[n+](Cc3ccccc3)c2)cc1. The minimum Gasteiger partial charge on any atom is -0.418 e. The third kappa shape index (κ3) is 7.13. The summed E-state index contributed by atoms with van der Waals surface area (Å²) in [6, 6.07) is 21.0. The van der Waals surface area contributed by atoms with Gasteiger partial charge in [0.05, 0.1) is 0 Å². The molecule has 0 bridgehead atoms. The highest BCUT2D eigenvalue weighted by atomic mass is 19.5. The molecule has 0 unspecified atom stereocenters. The highest BCUT2D eigenvalue weighted by Crippen LogP contribution is 2.06. The van der Waals surface area contributed by atoms with Gasteiger partial charge in [-0.3, -0.25) is 0 Å². The molecule has 24 heavy (non-hydrogen) atoms. The molecular weight excluding hydrogens is 319 g/mol. The Kier molecular flexibility index (Phi) is 6.17. The number of aromatic nitrogens is 2. The molecule has 2 aromatic carbocycles. The molecule has 0 saturated carbocycles. The Hall–Kier alpha value is -2.57. The number of rotatable bonds is 4. The molecule has 1 heterocycles. The van der Waals surface area contributed by atoms with E-state index in [0.29, 0.717) is 0 Å². The average Bonchev–Trinajstić information content (AvgIpc) is 2.95. The molecule has 0 aliphatic heterocycles. The van der Waals surface area contributed by atoms with Crippen LogP contribution < -0.4 is 4.57 Å². The minimum absolute atomic E-state index is 0.919. The second kappa shape index (κ2) is 8.33. The second-order valence-corrected chi connectivity index (χ2v) is 5.22. The smallest absolute Gasteiger partial charge is 0.418 e. The van der Waals surface area contributed by atoms with Crippen LogP contribution in [0.15, 0.2) is 79.4 Å². The first-order valence-corrected chi connectivity index (χ1v) is 7.40. The standard InChI is InChI=1S/C17H17N2.BF4/c1-3-7-16(8-4-1)13-18-11-12-19(15-18)14-17-9-5-2-6-10-17;2-1(3,4)5/h1-12,15H,13-14H2;/q+1;-1. The van der Waals surface area contributed by atoms with Crippen molar-refractivity contribution in [2.24, 2.45) is 0 Å². The lowest BCUT2D eigenvalue weighted by Gasteiger charge is -1.98. The van der Waals surface area contributed by atoms with Gasteiger partial charge in [-0.1, -0.05) is 60.7 Å². The minimum atomic E-state index is -6.00. The summed E-state index contributed by atoms with van der Waals surface area (Å²) in [6.45, 7) is 1.84. The maximum absolute atomic E-state index is 9.75. The molecule has 3 rings (SSSR count). The molecule has 7 heteroatoms. The number of imidazole rings is 1. The van der Waals surface area contributed by atoms with Crippen LogP contribution in [0.25, 0.3) is 0 Å². The summed E-state index contributed by atoms with van der Waals surface area (Å²) >= 11 is 0. The summed E-state index contributed by atoms with van der Waals surface area (Å²) in [5.41, 5.74) is 2.65. The number of benzene rings is 2. The van der Waals surface area contributed by atoms with Gasteiger partial charge in [0.1, 0.15) is 25.5 Å². The van der Waals surface area contributed by atoms with E-state index in [1.165, 1.54) is 11.1 Å². The first-order valence-electron chi connectivity index (χ1n) is 7.40. The maximum Gasteiger partial charge on any atom is 0.673 e. The van der Waals surface area contributed by atoms with Gasteiger partial charge in [0, 0.05) is 0 Å². The monoisotopic (exact) mass is 336 g/mol. The van der Waals surface area contributed by atoms with Crippen LogP contribution in [0.1, 0.15) is 11.1 Å². The van der Waals surface area contributed by atoms with Gasteiger partial charge in [-0.05, 0) is 11.1 Å². The Morgan fingerprint density at radius 3 is 1.83 bits per heavy atom. The van der Waals surface area contributed by atoms with Crippen molar-refractivity contribution in [1.29, 1.82) is 0 Å². The molecule has 0 aliphatic carbocycles. The molecule has 0 N–H and O–H groups in total. The Bertz CT molecular complexity index is 665. The van der Waals surface area contributed by atoms with Gasteiger partial charge in [0.2, 0.25) is 6.33 Å². The van der Waals surface area contributed by atoms with Gasteiger partial charge in [-0.15, -0.1) is 0 Å². The summed E-state index contributed by atoms with van der Waals surface area (Å²) in [6.07, 6.45) is 6.39. The van der Waals surface area contributed by atoms with Crippen LogP contribution in [-0.2, 0) is 13.1 Å². The van der Waals surface area contributed by atoms with Crippen LogP contribution in [0.5, 0.6) is 0 Å². The van der Waals surface area contributed by atoms with Crippen molar-refractivity contribution < 1.29 is 21.8 Å². The van der Waals surface area contributed by atoms with E-state index < -0.39 is 7.25 Å². The zero-order valence-electron chi connectivity index (χ0n) is 12.9. The highest BCUT2D eigenvalue weighted by Gasteiger charge is 2.20. The summed E-state index contributed by atoms with van der Waals surface area (Å²) < 4.78 is 43.4. The van der Waals surface area contributed by atoms with Crippen molar-refractivity contribution in [2.45, 2.75) is 13.1 Å². The van der Waals surface area contributed by atoms with Gasteiger partial charge in [-0.2, -0.15) is 0 Å². The van der Waals surface area contributed by atoms with E-state index >= 15 is 0 Å². The molecule has 126 valence electrons. The summed E-state index contributed by atoms with van der Waals surface area (Å²) in [7, 11) is -6.00. The molecule has 0 atom stereocenters. The number of hydrogen-bond acceptors (Lipinski definition) is 0. The summed E-state index contributed by atoms with van der Waals surface area (Å²) in [5, 5.41) is 0. The summed E-state index contributed by atoms with van der Waals surface area (Å²) in [4.78, 5) is 0. The molecule has 3 aromatic rings. The fourth-order valence-corrected chi connectivity index (χ4v) is 2.21. The second-order valence-electron chi connectivity index (χ2n) is 5.22. The Labute approximate surface area is 138 Å². The molecule has 0 fully saturated rings. The zero-order valence-corrected chi connectivity index (χ0v) is 12.9. The lowest BCUT2D eigenvalue weighted by molar-refractivity contribution is -0.687. The normalized spacial score (nSPS) is 10.8. The number of hydrogen-bond donors (Lipinski definition) is 0. The van der Waals surface area contributed by atoms with E-state index in [0.717, 1.165) is 13.1 Å². The van der Waals surface area contributed by atoms with Gasteiger partial charge < -0.3 is 17.3 Å². The van der Waals surface area contributed by atoms with Crippen LogP contribution in [0.4, 0.5) is 17.3 Å². The van der Waals surface area contributed by atoms with Gasteiger partial charge >= 0.3 is 7.25 Å². The molecular formula is C17H17BF4N2. The molecule has 0 amide bonds. The van der Waals surface area contributed by atoms with Crippen LogP contribution >= 0.6 is 0 Å². The van der Waals surface area contributed by atoms with Crippen molar-refractivity contribution in [3.8, 4) is 0 Å². The lowest BCUT2D eigenvalue weighted by atomic mass is 10.2. The molecule has 0 saturated heterocycles. The molecule has 0 aliphatic rings. The van der Waals surface area contributed by atoms with Crippen LogP contribution in [0.2, 0.25) is 0 Å². The number of nitrogens with zero attached hydrogens (tertiary/aromatic N) is 2. The average molecular weight is 336 g/mol. The molecule has 2 nitrogen and oxygen atoms in total. The van der Waals surface area contributed by atoms with Crippen molar-refractivity contribution in [2.75, 3.05) is 0 Å². The van der Waals surface area contributed by atoms with E-state index in [1.54, 1.807) is 0 Å². The van der Waals surface area contributed by atoms with Crippen LogP contribution in [-0.4, -0.2) is 11.8 Å². The van der Waals surface area contributed by atoms with Gasteiger partial charge in [0.25, 0.3) is 0 Å². The lowest BCUT2D eigenvalue weighted by Crippen LogP contribution is -2.31. The fourth-order valence-electron chi connectivity index (χ4n) is 2.21. The highest BCUT2D eigenvalue weighted by molar-refractivity contribution is 6.50. The van der Waals surface area contributed by atoms with Crippen molar-refractivity contribution in [1.82, 2.24) is 4.57 Å². The third-order valence-electron chi connectivity index (χ3n) is 3.16. The van der Waals surface area contributed by atoms with E-state index in [9.17, 15) is 17.3 Å². The first-order chi connectivity index (χ1) is 11.4. The quantitative estimate of drug-likeness (QED) is 0.384. The summed E-state index contributed by atoms with van der Waals surface area (Å²) in [5.74, 6) is 0. The van der Waals surface area contributed by atoms with E-state index in [4.69, 9.17) is 0 Å². The molecule has 1 aromatic heterocycles. The predicted molar refractivity (Wildman–Crippen MR) is 85.9 cm³/mol. The zero-order chi connectivity index (χ0) is 17.4. The van der Waals surface area contributed by atoms with E-state index in [-0.39, 0.29) is 0 Å². The van der Waals surface area contributed by atoms with Gasteiger partial charge in [0.15, 0.2) is 0 Å². The Morgan fingerprint density at radius 1 is 0.792 bits per heavy atom. The maximum atomic E-state index is 9.75. The third-order valence-corrected chi connectivity index (χ3v) is 3.16. The Balaban J connectivity index is 0.000000368. The van der Waals surface area contributed by atoms with Crippen LogP contribution in [0.3, 0.4) is 0 Å². The predicted octanol–water partition coefficient (Wildman–Crippen LogP) is 4.17. The van der Waals surface area contributed by atoms with Crippen LogP contribution in [0, 0.1) is 0 Å². The Morgan fingerprint density at radius 2 is 1.29 bits per heavy atom. The topological polar surface area (TPSA) is 8.81 Å². The largest absolute Gasteiger partial charge is 0.673 e. The van der Waals surface area contributed by atoms with E-state index in [2.05, 4.69) is 88.5 Å². The molecule has 0 spiro atoms. The number of halogens is 4. The van der Waals surface area contributed by atoms with E-state index in [1.807, 2.05) is 0 Å². The van der Waals surface area contributed by atoms with Crippen molar-refractivity contribution in [3.05, 3.63) is 90.5 Å².